The van der Waals surface area contributed by atoms with Gasteiger partial charge in [-0.05, 0) is 18.2 Å². The van der Waals surface area contributed by atoms with Crippen molar-refractivity contribution in [1.29, 1.82) is 0 Å². The lowest BCUT2D eigenvalue weighted by Gasteiger charge is -2.10. The normalized spacial score (nSPS) is 10.4. The van der Waals surface area contributed by atoms with Crippen LogP contribution in [0.3, 0.4) is 0 Å². The minimum absolute atomic E-state index is 0.695. The van der Waals surface area contributed by atoms with Gasteiger partial charge in [-0.2, -0.15) is 5.10 Å². The summed E-state index contributed by atoms with van der Waals surface area (Å²) in [5, 5.41) is 8.13. The van der Waals surface area contributed by atoms with E-state index >= 15 is 0 Å². The maximum absolute atomic E-state index is 6.11. The molecule has 0 aliphatic carbocycles. The molecule has 0 amide bonds. The van der Waals surface area contributed by atoms with Crippen LogP contribution in [0.4, 0.5) is 5.69 Å². The summed E-state index contributed by atoms with van der Waals surface area (Å²) in [6, 6.07) is 7.57. The molecule has 1 aromatic carbocycles. The molecule has 0 spiro atoms. The van der Waals surface area contributed by atoms with Crippen molar-refractivity contribution >= 4 is 17.3 Å². The van der Waals surface area contributed by atoms with Gasteiger partial charge < -0.3 is 10.1 Å². The Morgan fingerprint density at radius 1 is 1.39 bits per heavy atom. The van der Waals surface area contributed by atoms with Crippen LogP contribution in [0.25, 0.3) is 0 Å². The smallest absolute Gasteiger partial charge is 0.121 e. The van der Waals surface area contributed by atoms with Crippen LogP contribution in [0.5, 0.6) is 5.75 Å². The number of rotatable bonds is 5. The maximum atomic E-state index is 6.11. The molecule has 0 radical (unpaired) electrons. The largest absolute Gasteiger partial charge is 0.497 e. The number of anilines is 1. The molecular weight excluding hydrogens is 250 g/mol. The van der Waals surface area contributed by atoms with Crippen molar-refractivity contribution in [2.45, 2.75) is 6.42 Å². The standard InChI is InChI=1S/C13H16ClN3O/c1-17-10(6-8-16-17)5-7-15-13-9-11(18-2)3-4-12(13)14/h3-4,6,8-9,15H,5,7H2,1-2H3. The van der Waals surface area contributed by atoms with Gasteiger partial charge in [-0.25, -0.2) is 0 Å². The van der Waals surface area contributed by atoms with Gasteiger partial charge >= 0.3 is 0 Å². The molecule has 2 aromatic rings. The Hall–Kier alpha value is -1.68. The zero-order chi connectivity index (χ0) is 13.0. The van der Waals surface area contributed by atoms with Crippen LogP contribution in [0.15, 0.2) is 30.5 Å². The Kier molecular flexibility index (Phi) is 4.10. The highest BCUT2D eigenvalue weighted by Gasteiger charge is 2.03. The first-order valence-corrected chi connectivity index (χ1v) is 6.13. The van der Waals surface area contributed by atoms with E-state index in [1.807, 2.05) is 36.0 Å². The third-order valence-corrected chi connectivity index (χ3v) is 3.12. The molecule has 1 heterocycles. The van der Waals surface area contributed by atoms with Gasteiger partial charge in [-0.1, -0.05) is 11.6 Å². The second kappa shape index (κ2) is 5.78. The number of aromatic nitrogens is 2. The number of benzene rings is 1. The lowest BCUT2D eigenvalue weighted by Crippen LogP contribution is -2.08. The SMILES string of the molecule is COc1ccc(Cl)c(NCCc2ccnn2C)c1. The molecule has 0 aliphatic rings. The highest BCUT2D eigenvalue weighted by molar-refractivity contribution is 6.33. The number of nitrogens with zero attached hydrogens (tertiary/aromatic N) is 2. The zero-order valence-electron chi connectivity index (χ0n) is 10.5. The fourth-order valence-corrected chi connectivity index (χ4v) is 1.92. The Morgan fingerprint density at radius 2 is 2.22 bits per heavy atom. The molecule has 0 bridgehead atoms. The summed E-state index contributed by atoms with van der Waals surface area (Å²) >= 11 is 6.11. The van der Waals surface area contributed by atoms with E-state index in [-0.39, 0.29) is 0 Å². The van der Waals surface area contributed by atoms with Crippen molar-refractivity contribution in [3.8, 4) is 5.75 Å². The maximum Gasteiger partial charge on any atom is 0.121 e. The summed E-state index contributed by atoms with van der Waals surface area (Å²) < 4.78 is 7.04. The van der Waals surface area contributed by atoms with E-state index in [1.54, 1.807) is 13.3 Å². The molecular formula is C13H16ClN3O. The average Bonchev–Trinajstić information content (AvgIpc) is 2.77. The van der Waals surface area contributed by atoms with Crippen LogP contribution >= 0.6 is 11.6 Å². The summed E-state index contributed by atoms with van der Waals surface area (Å²) in [4.78, 5) is 0. The van der Waals surface area contributed by atoms with Crippen LogP contribution in [0.2, 0.25) is 5.02 Å². The Balaban J connectivity index is 1.96. The Bertz CT molecular complexity index is 525. The Labute approximate surface area is 112 Å². The van der Waals surface area contributed by atoms with Crippen LogP contribution in [0, 0.1) is 0 Å². The van der Waals surface area contributed by atoms with E-state index < -0.39 is 0 Å². The van der Waals surface area contributed by atoms with Crippen LogP contribution in [-0.2, 0) is 13.5 Å². The number of nitrogens with one attached hydrogen (secondary N) is 1. The van der Waals surface area contributed by atoms with Gasteiger partial charge in [0, 0.05) is 38.0 Å². The zero-order valence-corrected chi connectivity index (χ0v) is 11.2. The predicted octanol–water partition coefficient (Wildman–Crippen LogP) is 2.74. The minimum atomic E-state index is 0.695. The average molecular weight is 266 g/mol. The number of aryl methyl sites for hydroxylation is 1. The van der Waals surface area contributed by atoms with Crippen molar-refractivity contribution in [3.05, 3.63) is 41.2 Å². The molecule has 0 saturated carbocycles. The van der Waals surface area contributed by atoms with Crippen molar-refractivity contribution in [2.24, 2.45) is 7.05 Å². The van der Waals surface area contributed by atoms with Gasteiger partial charge in [-0.3, -0.25) is 4.68 Å². The predicted molar refractivity (Wildman–Crippen MR) is 73.4 cm³/mol. The molecule has 0 saturated heterocycles. The lowest BCUT2D eigenvalue weighted by atomic mass is 10.2. The molecule has 5 heteroatoms. The summed E-state index contributed by atoms with van der Waals surface area (Å²) in [7, 11) is 3.58. The molecule has 96 valence electrons. The summed E-state index contributed by atoms with van der Waals surface area (Å²) in [5.41, 5.74) is 2.07. The molecule has 4 nitrogen and oxygen atoms in total. The van der Waals surface area contributed by atoms with Crippen molar-refractivity contribution in [3.63, 3.8) is 0 Å². The Morgan fingerprint density at radius 3 is 2.89 bits per heavy atom. The van der Waals surface area contributed by atoms with Crippen molar-refractivity contribution in [1.82, 2.24) is 9.78 Å². The van der Waals surface area contributed by atoms with Gasteiger partial charge in [0.1, 0.15) is 5.75 Å². The van der Waals surface area contributed by atoms with E-state index in [0.29, 0.717) is 5.02 Å². The molecule has 0 aliphatic heterocycles. The van der Waals surface area contributed by atoms with Gasteiger partial charge in [-0.15, -0.1) is 0 Å². The van der Waals surface area contributed by atoms with E-state index in [9.17, 15) is 0 Å². The van der Waals surface area contributed by atoms with E-state index in [2.05, 4.69) is 10.4 Å². The highest BCUT2D eigenvalue weighted by Crippen LogP contribution is 2.26. The number of hydrogen-bond acceptors (Lipinski definition) is 3. The van der Waals surface area contributed by atoms with E-state index in [4.69, 9.17) is 16.3 Å². The molecule has 1 aromatic heterocycles. The molecule has 0 unspecified atom stereocenters. The number of hydrogen-bond donors (Lipinski definition) is 1. The monoisotopic (exact) mass is 265 g/mol. The summed E-state index contributed by atoms with van der Waals surface area (Å²) in [6.45, 7) is 0.798. The number of halogens is 1. The van der Waals surface area contributed by atoms with Gasteiger partial charge in [0.25, 0.3) is 0 Å². The number of methoxy groups -OCH3 is 1. The van der Waals surface area contributed by atoms with Gasteiger partial charge in [0.15, 0.2) is 0 Å². The van der Waals surface area contributed by atoms with Crippen LogP contribution < -0.4 is 10.1 Å². The first kappa shape index (κ1) is 12.8. The topological polar surface area (TPSA) is 39.1 Å². The van der Waals surface area contributed by atoms with Crippen LogP contribution in [-0.4, -0.2) is 23.4 Å². The summed E-state index contributed by atoms with van der Waals surface area (Å²) in [5.74, 6) is 0.794. The third kappa shape index (κ3) is 2.96. The fraction of sp³-hybridized carbons (Fsp3) is 0.308. The van der Waals surface area contributed by atoms with Crippen LogP contribution in [0.1, 0.15) is 5.69 Å². The third-order valence-electron chi connectivity index (χ3n) is 2.79. The number of ether oxygens (including phenoxy) is 1. The van der Waals surface area contributed by atoms with Crippen molar-refractivity contribution in [2.75, 3.05) is 19.0 Å². The molecule has 2 rings (SSSR count). The van der Waals surface area contributed by atoms with E-state index in [1.165, 1.54) is 5.69 Å². The second-order valence-electron chi connectivity index (χ2n) is 3.97. The quantitative estimate of drug-likeness (QED) is 0.904. The first-order chi connectivity index (χ1) is 8.70. The van der Waals surface area contributed by atoms with E-state index in [0.717, 1.165) is 24.4 Å². The van der Waals surface area contributed by atoms with Gasteiger partial charge in [0.05, 0.1) is 17.8 Å². The second-order valence-corrected chi connectivity index (χ2v) is 4.38. The van der Waals surface area contributed by atoms with Crippen molar-refractivity contribution < 1.29 is 4.74 Å². The highest BCUT2D eigenvalue weighted by atomic mass is 35.5. The fourth-order valence-electron chi connectivity index (χ4n) is 1.74. The minimum Gasteiger partial charge on any atom is -0.497 e. The lowest BCUT2D eigenvalue weighted by molar-refractivity contribution is 0.415. The molecule has 18 heavy (non-hydrogen) atoms. The molecule has 1 N–H and O–H groups in total. The van der Waals surface area contributed by atoms with Gasteiger partial charge in [0.2, 0.25) is 0 Å². The molecule has 0 atom stereocenters. The first-order valence-electron chi connectivity index (χ1n) is 5.75. The molecule has 0 fully saturated rings. The summed E-state index contributed by atoms with van der Waals surface area (Å²) in [6.07, 6.45) is 2.69.